The number of rotatable bonds is 2. The summed E-state index contributed by atoms with van der Waals surface area (Å²) in [6.07, 6.45) is 0. The largest absolute Gasteiger partial charge is 0.393 e. The fourth-order valence-electron chi connectivity index (χ4n) is 0.973. The number of nitro groups is 1. The highest BCUT2D eigenvalue weighted by atomic mass is 19.1. The van der Waals surface area contributed by atoms with Crippen LogP contribution in [0.5, 0.6) is 0 Å². The molecular formula is C7H7BFN2O2. The van der Waals surface area contributed by atoms with Crippen molar-refractivity contribution in [1.29, 1.82) is 0 Å². The summed E-state index contributed by atoms with van der Waals surface area (Å²) in [6, 6.07) is 2.07. The van der Waals surface area contributed by atoms with Crippen LogP contribution in [0.3, 0.4) is 0 Å². The van der Waals surface area contributed by atoms with E-state index in [-0.39, 0.29) is 16.8 Å². The van der Waals surface area contributed by atoms with E-state index in [1.165, 1.54) is 7.28 Å². The molecular weight excluding hydrogens is 174 g/mol. The minimum absolute atomic E-state index is 0.159. The second-order valence-corrected chi connectivity index (χ2v) is 2.48. The Kier molecular flexibility index (Phi) is 2.50. The van der Waals surface area contributed by atoms with Gasteiger partial charge in [-0.15, -0.1) is 0 Å². The minimum atomic E-state index is -0.637. The normalized spacial score (nSPS) is 9.69. The van der Waals surface area contributed by atoms with E-state index in [2.05, 4.69) is 0 Å². The van der Waals surface area contributed by atoms with Gasteiger partial charge in [0.15, 0.2) is 7.28 Å². The Morgan fingerprint density at radius 1 is 1.62 bits per heavy atom. The maximum Gasteiger partial charge on any atom is 0.291 e. The van der Waals surface area contributed by atoms with Gasteiger partial charge in [-0.2, -0.15) is 0 Å². The lowest BCUT2D eigenvalue weighted by molar-refractivity contribution is -0.383. The zero-order valence-corrected chi connectivity index (χ0v) is 6.95. The number of nitrogen functional groups attached to an aromatic ring is 1. The number of anilines is 1. The van der Waals surface area contributed by atoms with E-state index in [4.69, 9.17) is 5.73 Å². The molecule has 4 nitrogen and oxygen atoms in total. The second-order valence-electron chi connectivity index (χ2n) is 2.48. The van der Waals surface area contributed by atoms with E-state index in [0.29, 0.717) is 0 Å². The van der Waals surface area contributed by atoms with Gasteiger partial charge in [0.05, 0.1) is 4.92 Å². The Balaban J connectivity index is 3.30. The van der Waals surface area contributed by atoms with Crippen LogP contribution >= 0.6 is 0 Å². The van der Waals surface area contributed by atoms with Gasteiger partial charge in [0.25, 0.3) is 5.69 Å². The molecule has 1 rings (SSSR count). The Hall–Kier alpha value is -1.59. The predicted octanol–water partition coefficient (Wildman–Crippen LogP) is 0.694. The van der Waals surface area contributed by atoms with Crippen molar-refractivity contribution in [3.8, 4) is 0 Å². The van der Waals surface area contributed by atoms with Crippen molar-refractivity contribution in [1.82, 2.24) is 0 Å². The highest BCUT2D eigenvalue weighted by molar-refractivity contribution is 6.52. The molecule has 0 spiro atoms. The quantitative estimate of drug-likeness (QED) is 0.316. The molecule has 6 heteroatoms. The average Bonchev–Trinajstić information content (AvgIpc) is 2.03. The topological polar surface area (TPSA) is 69.2 Å². The van der Waals surface area contributed by atoms with Crippen LogP contribution < -0.4 is 11.2 Å². The van der Waals surface area contributed by atoms with E-state index >= 15 is 0 Å². The summed E-state index contributed by atoms with van der Waals surface area (Å²) in [5.41, 5.74) is 5.00. The summed E-state index contributed by atoms with van der Waals surface area (Å²) in [7, 11) is 1.45. The monoisotopic (exact) mass is 181 g/mol. The van der Waals surface area contributed by atoms with Gasteiger partial charge in [-0.25, -0.2) is 4.39 Å². The van der Waals surface area contributed by atoms with Crippen LogP contribution in [0.1, 0.15) is 0 Å². The molecule has 0 unspecified atom stereocenters. The molecule has 0 amide bonds. The number of hydrogen-bond acceptors (Lipinski definition) is 3. The fourth-order valence-corrected chi connectivity index (χ4v) is 0.973. The third-order valence-electron chi connectivity index (χ3n) is 1.65. The molecule has 1 radical (unpaired) electrons. The molecule has 13 heavy (non-hydrogen) atoms. The van der Waals surface area contributed by atoms with Gasteiger partial charge in [-0.05, 0) is 5.46 Å². The van der Waals surface area contributed by atoms with E-state index in [9.17, 15) is 14.5 Å². The molecule has 0 fully saturated rings. The van der Waals surface area contributed by atoms with E-state index < -0.39 is 10.7 Å². The van der Waals surface area contributed by atoms with Crippen LogP contribution in [-0.4, -0.2) is 12.2 Å². The maximum absolute atomic E-state index is 13.0. The number of nitrogens with two attached hydrogens (primary N) is 1. The van der Waals surface area contributed by atoms with Crippen molar-refractivity contribution in [2.45, 2.75) is 6.82 Å². The van der Waals surface area contributed by atoms with Crippen LogP contribution in [0.4, 0.5) is 15.8 Å². The second kappa shape index (κ2) is 3.43. The number of benzene rings is 1. The van der Waals surface area contributed by atoms with Crippen LogP contribution in [0.25, 0.3) is 0 Å². The zero-order valence-electron chi connectivity index (χ0n) is 6.95. The van der Waals surface area contributed by atoms with Crippen LogP contribution in [0.2, 0.25) is 6.82 Å². The Bertz CT molecular complexity index is 357. The predicted molar refractivity (Wildman–Crippen MR) is 48.7 cm³/mol. The van der Waals surface area contributed by atoms with Crippen LogP contribution in [0, 0.1) is 15.9 Å². The zero-order chi connectivity index (χ0) is 10.0. The molecule has 0 aliphatic carbocycles. The Labute approximate surface area is 74.9 Å². The molecule has 0 saturated carbocycles. The lowest BCUT2D eigenvalue weighted by Crippen LogP contribution is -2.17. The van der Waals surface area contributed by atoms with E-state index in [1.54, 1.807) is 6.82 Å². The first-order chi connectivity index (χ1) is 6.06. The number of nitrogens with zero attached hydrogens (tertiary/aromatic N) is 1. The van der Waals surface area contributed by atoms with Crippen molar-refractivity contribution in [3.63, 3.8) is 0 Å². The summed E-state index contributed by atoms with van der Waals surface area (Å²) in [5.74, 6) is -0.550. The van der Waals surface area contributed by atoms with Crippen molar-refractivity contribution < 1.29 is 9.31 Å². The van der Waals surface area contributed by atoms with Gasteiger partial charge in [0.2, 0.25) is 0 Å². The number of halogens is 1. The molecule has 0 aliphatic rings. The lowest BCUT2D eigenvalue weighted by Gasteiger charge is -2.01. The summed E-state index contributed by atoms with van der Waals surface area (Å²) >= 11 is 0. The first-order valence-corrected chi connectivity index (χ1v) is 3.59. The van der Waals surface area contributed by atoms with Crippen LogP contribution in [-0.2, 0) is 0 Å². The molecule has 67 valence electrons. The van der Waals surface area contributed by atoms with Gasteiger partial charge in [0, 0.05) is 12.1 Å². The molecule has 0 bridgehead atoms. The fraction of sp³-hybridized carbons (Fsp3) is 0.143. The van der Waals surface area contributed by atoms with Gasteiger partial charge >= 0.3 is 0 Å². The van der Waals surface area contributed by atoms with Crippen molar-refractivity contribution in [2.24, 2.45) is 0 Å². The molecule has 0 aliphatic heterocycles. The number of hydrogen-bond donors (Lipinski definition) is 1. The standard InChI is InChI=1S/C7H7BFN2O2/c1-8-4-2-7(11(12)13)6(10)3-5(4)9/h2-3H,10H2,1H3. The first-order valence-electron chi connectivity index (χ1n) is 3.59. The van der Waals surface area contributed by atoms with E-state index in [0.717, 1.165) is 12.1 Å². The van der Waals surface area contributed by atoms with Crippen molar-refractivity contribution in [2.75, 3.05) is 5.73 Å². The molecule has 1 aromatic carbocycles. The van der Waals surface area contributed by atoms with Crippen molar-refractivity contribution >= 4 is 24.1 Å². The molecule has 0 heterocycles. The van der Waals surface area contributed by atoms with Gasteiger partial charge in [-0.1, -0.05) is 6.82 Å². The third kappa shape index (κ3) is 1.77. The summed E-state index contributed by atoms with van der Waals surface area (Å²) < 4.78 is 13.0. The molecule has 1 aromatic rings. The smallest absolute Gasteiger partial charge is 0.291 e. The molecule has 0 atom stereocenters. The number of nitro benzene ring substituents is 1. The summed E-state index contributed by atoms with van der Waals surface area (Å²) in [6.45, 7) is 1.60. The maximum atomic E-state index is 13.0. The van der Waals surface area contributed by atoms with E-state index in [1.807, 2.05) is 0 Å². The SMILES string of the molecule is C[B]c1cc([N+](=O)[O-])c(N)cc1F. The van der Waals surface area contributed by atoms with Crippen molar-refractivity contribution in [3.05, 3.63) is 28.1 Å². The highest BCUT2D eigenvalue weighted by Gasteiger charge is 2.14. The van der Waals surface area contributed by atoms with Gasteiger partial charge in [-0.3, -0.25) is 10.1 Å². The molecule has 2 N–H and O–H groups in total. The molecule has 0 aromatic heterocycles. The van der Waals surface area contributed by atoms with Gasteiger partial charge < -0.3 is 5.73 Å². The summed E-state index contributed by atoms with van der Waals surface area (Å²) in [4.78, 5) is 9.75. The average molecular weight is 181 g/mol. The Morgan fingerprint density at radius 2 is 2.23 bits per heavy atom. The molecule has 0 saturated heterocycles. The third-order valence-corrected chi connectivity index (χ3v) is 1.65. The van der Waals surface area contributed by atoms with Gasteiger partial charge in [0.1, 0.15) is 11.5 Å². The Morgan fingerprint density at radius 3 is 2.69 bits per heavy atom. The van der Waals surface area contributed by atoms with Crippen LogP contribution in [0.15, 0.2) is 12.1 Å². The highest BCUT2D eigenvalue weighted by Crippen LogP contribution is 2.19. The minimum Gasteiger partial charge on any atom is -0.393 e. The lowest BCUT2D eigenvalue weighted by atomic mass is 9.73. The summed E-state index contributed by atoms with van der Waals surface area (Å²) in [5, 5.41) is 10.4. The first kappa shape index (κ1) is 9.50.